The van der Waals surface area contributed by atoms with Crippen LogP contribution in [0.1, 0.15) is 50.7 Å². The molecular weight excluding hydrogens is 464 g/mol. The third-order valence-electron chi connectivity index (χ3n) is 6.16. The first-order chi connectivity index (χ1) is 17.0. The van der Waals surface area contributed by atoms with E-state index < -0.39 is 17.4 Å². The summed E-state index contributed by atoms with van der Waals surface area (Å²) in [5, 5.41) is 2.46. The normalized spacial score (nSPS) is 17.0. The van der Waals surface area contributed by atoms with Gasteiger partial charge in [-0.2, -0.15) is 0 Å². The molecule has 1 unspecified atom stereocenters. The molecule has 0 aromatic heterocycles. The summed E-state index contributed by atoms with van der Waals surface area (Å²) in [6, 6.07) is 19.4. The topological polar surface area (TPSA) is 84.0 Å². The van der Waals surface area contributed by atoms with E-state index in [4.69, 9.17) is 4.74 Å². The van der Waals surface area contributed by atoms with E-state index in [0.717, 1.165) is 36.3 Å². The van der Waals surface area contributed by atoms with Gasteiger partial charge in [0.2, 0.25) is 11.4 Å². The van der Waals surface area contributed by atoms with Crippen molar-refractivity contribution in [3.63, 3.8) is 0 Å². The molecule has 35 heavy (non-hydrogen) atoms. The fourth-order valence-corrected chi connectivity index (χ4v) is 4.98. The lowest BCUT2D eigenvalue weighted by Crippen LogP contribution is -2.81. The number of ether oxygens (including phenoxy) is 1. The van der Waals surface area contributed by atoms with Gasteiger partial charge < -0.3 is 4.74 Å². The number of benzene rings is 2. The summed E-state index contributed by atoms with van der Waals surface area (Å²) in [5.74, 6) is -1.68. The maximum Gasteiger partial charge on any atom is 0.340 e. The van der Waals surface area contributed by atoms with E-state index in [9.17, 15) is 18.6 Å². The number of hydrazine groups is 1. The zero-order valence-corrected chi connectivity index (χ0v) is 21.1. The van der Waals surface area contributed by atoms with Crippen molar-refractivity contribution in [3.8, 4) is 0 Å². The van der Waals surface area contributed by atoms with Gasteiger partial charge in [0.15, 0.2) is 4.86 Å². The number of esters is 1. The van der Waals surface area contributed by atoms with Crippen molar-refractivity contribution in [2.24, 2.45) is 0 Å². The van der Waals surface area contributed by atoms with Gasteiger partial charge in [-0.05, 0) is 37.3 Å². The molecule has 0 N–H and O–H groups in total. The lowest BCUT2D eigenvalue weighted by molar-refractivity contribution is -0.188. The summed E-state index contributed by atoms with van der Waals surface area (Å²) in [6.07, 6.45) is 4.60. The van der Waals surface area contributed by atoms with Gasteiger partial charge >= 0.3 is 5.97 Å². The number of nitrogens with zero attached hydrogens (tertiary/aromatic N) is 2. The predicted octanol–water partition coefficient (Wildman–Crippen LogP) is 3.33. The number of amides is 2. The van der Waals surface area contributed by atoms with Crippen LogP contribution >= 0.6 is 0 Å². The first-order valence-corrected chi connectivity index (χ1v) is 12.7. The molecule has 186 valence electrons. The second-order valence-corrected chi connectivity index (χ2v) is 9.14. The molecule has 2 aromatic rings. The first-order valence-electron chi connectivity index (χ1n) is 12.0. The first kappa shape index (κ1) is 26.3. The van der Waals surface area contributed by atoms with Crippen LogP contribution in [0.5, 0.6) is 0 Å². The smallest absolute Gasteiger partial charge is 0.340 e. The molecule has 1 fully saturated rings. The quantitative estimate of drug-likeness (QED) is 0.195. The standard InChI is InChI=1S/C27H32N2O5S/c1-3-34-26(32)27(20-23-17-11-7-12-18-23)24(35-33)25(31)29(27)28(21(2)30)19-13-5-4-8-14-22-15-9-6-10-16-22/h6-7,9-12,15-18H,3-5,8,13-14,19-20H2,1-2H3. The molecule has 3 rings (SSSR count). The van der Waals surface area contributed by atoms with Crippen LogP contribution in [-0.2, 0) is 43.2 Å². The van der Waals surface area contributed by atoms with Gasteiger partial charge in [-0.25, -0.2) is 14.0 Å². The Bertz CT molecular complexity index is 1090. The fraction of sp³-hybridized carbons (Fsp3) is 0.407. The van der Waals surface area contributed by atoms with Crippen molar-refractivity contribution in [3.05, 3.63) is 71.8 Å². The molecule has 1 aliphatic heterocycles. The Kier molecular flexibility index (Phi) is 9.37. The summed E-state index contributed by atoms with van der Waals surface area (Å²) < 4.78 is 17.3. The number of aryl methyl sites for hydroxylation is 1. The zero-order chi connectivity index (χ0) is 25.3. The molecule has 2 aromatic carbocycles. The number of unbranched alkanes of at least 4 members (excludes halogenated alkanes) is 3. The SMILES string of the molecule is CCOC(=O)C1(Cc2ccccc2)C(=S=O)C(=O)N1N(CCCCCCc1ccccc1)C(C)=O. The molecule has 1 heterocycles. The Morgan fingerprint density at radius 2 is 1.54 bits per heavy atom. The van der Waals surface area contributed by atoms with Gasteiger partial charge in [0.1, 0.15) is 11.3 Å². The minimum absolute atomic E-state index is 0.00245. The maximum absolute atomic E-state index is 13.2. The second-order valence-electron chi connectivity index (χ2n) is 8.56. The van der Waals surface area contributed by atoms with Gasteiger partial charge in [0.05, 0.1) is 6.61 Å². The maximum atomic E-state index is 13.2. The van der Waals surface area contributed by atoms with E-state index >= 15 is 0 Å². The van der Waals surface area contributed by atoms with E-state index in [1.165, 1.54) is 17.5 Å². The molecule has 0 radical (unpaired) electrons. The Morgan fingerprint density at radius 3 is 2.11 bits per heavy atom. The lowest BCUT2D eigenvalue weighted by atomic mass is 9.79. The van der Waals surface area contributed by atoms with E-state index in [1.807, 2.05) is 48.5 Å². The van der Waals surface area contributed by atoms with E-state index in [0.29, 0.717) is 6.42 Å². The number of hydrogen-bond acceptors (Lipinski definition) is 5. The van der Waals surface area contributed by atoms with Crippen molar-refractivity contribution >= 4 is 33.9 Å². The van der Waals surface area contributed by atoms with Crippen LogP contribution in [0.15, 0.2) is 60.7 Å². The monoisotopic (exact) mass is 496 g/mol. The van der Waals surface area contributed by atoms with E-state index in [2.05, 4.69) is 12.1 Å². The third-order valence-corrected chi connectivity index (χ3v) is 6.84. The van der Waals surface area contributed by atoms with Gasteiger partial charge in [0, 0.05) is 19.9 Å². The molecule has 0 spiro atoms. The predicted molar refractivity (Wildman–Crippen MR) is 136 cm³/mol. The number of carbonyl (C=O) groups is 3. The molecule has 0 bridgehead atoms. The van der Waals surface area contributed by atoms with Crippen LogP contribution in [0.25, 0.3) is 0 Å². The minimum Gasteiger partial charge on any atom is -0.464 e. The number of β-lactam (4-membered cyclic amide) rings is 1. The summed E-state index contributed by atoms with van der Waals surface area (Å²) in [7, 11) is 0. The highest BCUT2D eigenvalue weighted by Crippen LogP contribution is 2.36. The lowest BCUT2D eigenvalue weighted by Gasteiger charge is -2.53. The average molecular weight is 497 g/mol. The van der Waals surface area contributed by atoms with Crippen molar-refractivity contribution in [1.29, 1.82) is 0 Å². The number of hydrogen-bond donors (Lipinski definition) is 0. The highest BCUT2D eigenvalue weighted by molar-refractivity contribution is 7.69. The molecule has 0 aliphatic carbocycles. The Hall–Kier alpha value is -3.26. The molecule has 1 aliphatic rings. The molecular formula is C27H32N2O5S. The largest absolute Gasteiger partial charge is 0.464 e. The van der Waals surface area contributed by atoms with E-state index in [-0.39, 0.29) is 41.6 Å². The molecule has 1 saturated heterocycles. The molecule has 0 saturated carbocycles. The van der Waals surface area contributed by atoms with Crippen LogP contribution in [-0.4, -0.2) is 55.6 Å². The summed E-state index contributed by atoms with van der Waals surface area (Å²) in [5.41, 5.74) is 0.413. The van der Waals surface area contributed by atoms with Gasteiger partial charge in [-0.15, -0.1) is 0 Å². The van der Waals surface area contributed by atoms with Crippen LogP contribution in [0.4, 0.5) is 0 Å². The average Bonchev–Trinajstić information content (AvgIpc) is 2.86. The van der Waals surface area contributed by atoms with Crippen LogP contribution in [0.3, 0.4) is 0 Å². The number of carbonyl (C=O) groups excluding carboxylic acids is 3. The van der Waals surface area contributed by atoms with Crippen molar-refractivity contribution in [2.75, 3.05) is 13.2 Å². The number of rotatable bonds is 12. The Labute approximate surface area is 210 Å². The fourth-order valence-electron chi connectivity index (χ4n) is 4.45. The van der Waals surface area contributed by atoms with Crippen LogP contribution < -0.4 is 0 Å². The van der Waals surface area contributed by atoms with Gasteiger partial charge in [-0.3, -0.25) is 14.6 Å². The minimum atomic E-state index is -1.64. The van der Waals surface area contributed by atoms with Gasteiger partial charge in [-0.1, -0.05) is 73.5 Å². The summed E-state index contributed by atoms with van der Waals surface area (Å²) in [4.78, 5) is 38.7. The zero-order valence-electron chi connectivity index (χ0n) is 20.3. The Balaban J connectivity index is 1.74. The van der Waals surface area contributed by atoms with Crippen molar-refractivity contribution < 1.29 is 23.3 Å². The highest BCUT2D eigenvalue weighted by atomic mass is 32.1. The van der Waals surface area contributed by atoms with E-state index in [1.54, 1.807) is 6.92 Å². The Morgan fingerprint density at radius 1 is 0.943 bits per heavy atom. The van der Waals surface area contributed by atoms with Gasteiger partial charge in [0.25, 0.3) is 5.91 Å². The molecule has 1 atom stereocenters. The van der Waals surface area contributed by atoms with Crippen molar-refractivity contribution in [2.45, 2.75) is 57.9 Å². The molecule has 7 nitrogen and oxygen atoms in total. The summed E-state index contributed by atoms with van der Waals surface area (Å²) in [6.45, 7) is 3.40. The third kappa shape index (κ3) is 5.88. The van der Waals surface area contributed by atoms with Crippen molar-refractivity contribution in [1.82, 2.24) is 10.0 Å². The molecule has 8 heteroatoms. The van der Waals surface area contributed by atoms with Crippen LogP contribution in [0.2, 0.25) is 0 Å². The van der Waals surface area contributed by atoms with Crippen LogP contribution in [0, 0.1) is 0 Å². The second kappa shape index (κ2) is 12.4. The highest BCUT2D eigenvalue weighted by Gasteiger charge is 2.66. The summed E-state index contributed by atoms with van der Waals surface area (Å²) >= 11 is 0.00245. The molecule has 2 amide bonds.